The topological polar surface area (TPSA) is 81.1 Å². The summed E-state index contributed by atoms with van der Waals surface area (Å²) in [5.41, 5.74) is 0. The molecule has 2 saturated heterocycles. The Morgan fingerprint density at radius 1 is 1.14 bits per heavy atom. The summed E-state index contributed by atoms with van der Waals surface area (Å²) < 4.78 is 0. The van der Waals surface area contributed by atoms with Gasteiger partial charge in [0.05, 0.1) is 6.04 Å². The van der Waals surface area contributed by atoms with Gasteiger partial charge in [0.25, 0.3) is 0 Å². The third-order valence-corrected chi connectivity index (χ3v) is 3.06. The van der Waals surface area contributed by atoms with Crippen LogP contribution in [0.15, 0.2) is 0 Å². The third-order valence-electron chi connectivity index (χ3n) is 3.06. The zero-order chi connectivity index (χ0) is 10.3. The molecule has 6 nitrogen and oxygen atoms in total. The Hall–Kier alpha value is -1.46. The number of hydrogen-bond acceptors (Lipinski definition) is 2. The van der Waals surface area contributed by atoms with Gasteiger partial charge in [0.1, 0.15) is 0 Å². The lowest BCUT2D eigenvalue weighted by Crippen LogP contribution is -2.39. The molecule has 2 fully saturated rings. The molecule has 2 rings (SSSR count). The normalized spacial score (nSPS) is 30.6. The molecule has 2 atom stereocenters. The van der Waals surface area contributed by atoms with E-state index in [9.17, 15) is 9.59 Å². The van der Waals surface area contributed by atoms with Gasteiger partial charge in [-0.25, -0.2) is 9.59 Å². The summed E-state index contributed by atoms with van der Waals surface area (Å²) in [6.07, 6.45) is -1.12. The largest absolute Gasteiger partial charge is 0.465 e. The molecule has 78 valence electrons. The average Bonchev–Trinajstić information content (AvgIpc) is 2.58. The van der Waals surface area contributed by atoms with Crippen molar-refractivity contribution < 1.29 is 19.8 Å². The van der Waals surface area contributed by atoms with Crippen LogP contribution in [0.25, 0.3) is 0 Å². The van der Waals surface area contributed by atoms with Crippen LogP contribution in [0.5, 0.6) is 0 Å². The molecule has 14 heavy (non-hydrogen) atoms. The Kier molecular flexibility index (Phi) is 1.98. The molecule has 2 aliphatic rings. The van der Waals surface area contributed by atoms with Crippen molar-refractivity contribution in [3.63, 3.8) is 0 Å². The summed E-state index contributed by atoms with van der Waals surface area (Å²) in [5.74, 6) is 0.196. The van der Waals surface area contributed by atoms with E-state index >= 15 is 0 Å². The third kappa shape index (κ3) is 1.26. The smallest absolute Gasteiger partial charge is 0.407 e. The molecule has 0 unspecified atom stereocenters. The maximum atomic E-state index is 10.8. The number of fused-ring (bicyclic) bond motifs is 1. The molecule has 0 aliphatic carbocycles. The summed E-state index contributed by atoms with van der Waals surface area (Å²) >= 11 is 0. The van der Waals surface area contributed by atoms with E-state index in [1.807, 2.05) is 0 Å². The lowest BCUT2D eigenvalue weighted by atomic mass is 10.1. The van der Waals surface area contributed by atoms with Crippen molar-refractivity contribution in [1.82, 2.24) is 9.80 Å². The minimum Gasteiger partial charge on any atom is -0.465 e. The van der Waals surface area contributed by atoms with Gasteiger partial charge in [-0.3, -0.25) is 0 Å². The highest BCUT2D eigenvalue weighted by Crippen LogP contribution is 2.31. The lowest BCUT2D eigenvalue weighted by Gasteiger charge is -2.20. The van der Waals surface area contributed by atoms with Crippen LogP contribution in [0.2, 0.25) is 0 Å². The quantitative estimate of drug-likeness (QED) is 0.591. The molecule has 2 heterocycles. The second kappa shape index (κ2) is 3.04. The van der Waals surface area contributed by atoms with E-state index in [0.717, 1.165) is 6.42 Å². The Morgan fingerprint density at radius 2 is 1.86 bits per heavy atom. The SMILES string of the molecule is O=C(O)N1C[C@H]2CCN(C(=O)O)[C@H]2C1. The second-order valence-electron chi connectivity index (χ2n) is 3.78. The van der Waals surface area contributed by atoms with Crippen LogP contribution in [0, 0.1) is 5.92 Å². The summed E-state index contributed by atoms with van der Waals surface area (Å²) in [7, 11) is 0. The maximum Gasteiger partial charge on any atom is 0.407 e. The predicted octanol–water partition coefficient (Wildman–Crippen LogP) is 0.349. The molecule has 0 aromatic heterocycles. The highest BCUT2D eigenvalue weighted by Gasteiger charge is 2.44. The van der Waals surface area contributed by atoms with E-state index in [4.69, 9.17) is 10.2 Å². The van der Waals surface area contributed by atoms with Crippen LogP contribution >= 0.6 is 0 Å². The second-order valence-corrected chi connectivity index (χ2v) is 3.78. The minimum atomic E-state index is -0.954. The average molecular weight is 200 g/mol. The van der Waals surface area contributed by atoms with Crippen molar-refractivity contribution in [1.29, 1.82) is 0 Å². The van der Waals surface area contributed by atoms with E-state index in [-0.39, 0.29) is 12.0 Å². The first kappa shape index (κ1) is 9.11. The van der Waals surface area contributed by atoms with Crippen LogP contribution in [0.3, 0.4) is 0 Å². The monoisotopic (exact) mass is 200 g/mol. The van der Waals surface area contributed by atoms with Crippen molar-refractivity contribution in [2.24, 2.45) is 5.92 Å². The van der Waals surface area contributed by atoms with E-state index in [1.54, 1.807) is 0 Å². The molecule has 0 aromatic rings. The molecule has 0 spiro atoms. The van der Waals surface area contributed by atoms with Gasteiger partial charge in [0.2, 0.25) is 0 Å². The van der Waals surface area contributed by atoms with Gasteiger partial charge in [-0.15, -0.1) is 0 Å². The van der Waals surface area contributed by atoms with E-state index in [0.29, 0.717) is 19.6 Å². The Balaban J connectivity index is 2.06. The standard InChI is InChI=1S/C8H12N2O4/c11-7(12)9-3-5-1-2-10(8(13)14)6(5)4-9/h5-6H,1-4H2,(H,11,12)(H,13,14)/t5-,6+/m1/s1. The van der Waals surface area contributed by atoms with Crippen molar-refractivity contribution in [2.75, 3.05) is 19.6 Å². The van der Waals surface area contributed by atoms with Gasteiger partial charge >= 0.3 is 12.2 Å². The van der Waals surface area contributed by atoms with Crippen molar-refractivity contribution in [2.45, 2.75) is 12.5 Å². The lowest BCUT2D eigenvalue weighted by molar-refractivity contribution is 0.129. The molecule has 2 N–H and O–H groups in total. The van der Waals surface area contributed by atoms with Gasteiger partial charge in [-0.2, -0.15) is 0 Å². The molecular formula is C8H12N2O4. The molecule has 6 heteroatoms. The fraction of sp³-hybridized carbons (Fsp3) is 0.750. The predicted molar refractivity (Wildman–Crippen MR) is 46.2 cm³/mol. The summed E-state index contributed by atoms with van der Waals surface area (Å²) in [6, 6.07) is -0.122. The van der Waals surface area contributed by atoms with Crippen LogP contribution in [-0.2, 0) is 0 Å². The number of carboxylic acid groups (broad SMARTS) is 2. The zero-order valence-electron chi connectivity index (χ0n) is 7.59. The van der Waals surface area contributed by atoms with E-state index in [1.165, 1.54) is 9.80 Å². The summed E-state index contributed by atoms with van der Waals surface area (Å²) in [5, 5.41) is 17.6. The van der Waals surface area contributed by atoms with Crippen LogP contribution in [0.1, 0.15) is 6.42 Å². The molecule has 0 aromatic carbocycles. The number of carbonyl (C=O) groups is 2. The number of nitrogens with zero attached hydrogens (tertiary/aromatic N) is 2. The van der Waals surface area contributed by atoms with Crippen LogP contribution in [-0.4, -0.2) is 57.9 Å². The maximum absolute atomic E-state index is 10.8. The summed E-state index contributed by atoms with van der Waals surface area (Å²) in [6.45, 7) is 1.34. The highest BCUT2D eigenvalue weighted by atomic mass is 16.4. The van der Waals surface area contributed by atoms with Gasteiger partial charge in [-0.05, 0) is 6.42 Å². The van der Waals surface area contributed by atoms with E-state index in [2.05, 4.69) is 0 Å². The van der Waals surface area contributed by atoms with Gasteiger partial charge in [0, 0.05) is 25.6 Å². The van der Waals surface area contributed by atoms with Crippen LogP contribution in [0.4, 0.5) is 9.59 Å². The van der Waals surface area contributed by atoms with Crippen molar-refractivity contribution >= 4 is 12.2 Å². The first-order chi connectivity index (χ1) is 6.59. The zero-order valence-corrected chi connectivity index (χ0v) is 7.59. The Morgan fingerprint density at radius 3 is 2.43 bits per heavy atom. The molecule has 2 aliphatic heterocycles. The minimum absolute atomic E-state index is 0.122. The fourth-order valence-corrected chi connectivity index (χ4v) is 2.36. The Bertz CT molecular complexity index is 281. The molecular weight excluding hydrogens is 188 g/mol. The molecule has 0 saturated carbocycles. The number of likely N-dealkylation sites (tertiary alicyclic amines) is 2. The summed E-state index contributed by atoms with van der Waals surface area (Å²) in [4.78, 5) is 24.1. The number of hydrogen-bond donors (Lipinski definition) is 2. The van der Waals surface area contributed by atoms with E-state index < -0.39 is 12.2 Å². The number of rotatable bonds is 0. The number of amides is 2. The molecule has 0 radical (unpaired) electrons. The highest BCUT2D eigenvalue weighted by molar-refractivity contribution is 5.68. The molecule has 0 bridgehead atoms. The molecule has 2 amide bonds. The Labute approximate surface area is 80.7 Å². The van der Waals surface area contributed by atoms with Gasteiger partial charge < -0.3 is 20.0 Å². The first-order valence-electron chi connectivity index (χ1n) is 4.57. The van der Waals surface area contributed by atoms with Crippen LogP contribution < -0.4 is 0 Å². The fourth-order valence-electron chi connectivity index (χ4n) is 2.36. The van der Waals surface area contributed by atoms with Crippen molar-refractivity contribution in [3.8, 4) is 0 Å². The van der Waals surface area contributed by atoms with Gasteiger partial charge in [0.15, 0.2) is 0 Å². The van der Waals surface area contributed by atoms with Gasteiger partial charge in [-0.1, -0.05) is 0 Å². The first-order valence-corrected chi connectivity index (χ1v) is 4.57. The van der Waals surface area contributed by atoms with Crippen molar-refractivity contribution in [3.05, 3.63) is 0 Å².